The van der Waals surface area contributed by atoms with Crippen LogP contribution in [0.15, 0.2) is 6.07 Å². The molecule has 5 nitrogen and oxygen atoms in total. The van der Waals surface area contributed by atoms with Gasteiger partial charge in [-0.15, -0.1) is 12.4 Å². The summed E-state index contributed by atoms with van der Waals surface area (Å²) < 4.78 is 1.80. The summed E-state index contributed by atoms with van der Waals surface area (Å²) in [6.45, 7) is 8.30. The van der Waals surface area contributed by atoms with E-state index < -0.39 is 0 Å². The Kier molecular flexibility index (Phi) is 6.02. The fourth-order valence-electron chi connectivity index (χ4n) is 2.60. The molecule has 1 aliphatic heterocycles. The number of hydrogen-bond donors (Lipinski definition) is 2. The van der Waals surface area contributed by atoms with Crippen LogP contribution in [0.5, 0.6) is 0 Å². The molecule has 0 bridgehead atoms. The van der Waals surface area contributed by atoms with Gasteiger partial charge in [0, 0.05) is 18.8 Å². The Balaban J connectivity index is 0.00000200. The summed E-state index contributed by atoms with van der Waals surface area (Å²) in [5, 5.41) is 10.8. The molecule has 2 unspecified atom stereocenters. The number of carbonyl (C=O) groups excluding carboxylic acids is 1. The summed E-state index contributed by atoms with van der Waals surface area (Å²) in [5.41, 5.74) is 1.61. The fraction of sp³-hybridized carbons (Fsp3) is 0.714. The summed E-state index contributed by atoms with van der Waals surface area (Å²) in [4.78, 5) is 12.2. The summed E-state index contributed by atoms with van der Waals surface area (Å²) >= 11 is 0. The van der Waals surface area contributed by atoms with E-state index in [1.54, 1.807) is 4.68 Å². The van der Waals surface area contributed by atoms with E-state index in [9.17, 15) is 4.79 Å². The summed E-state index contributed by atoms with van der Waals surface area (Å²) in [7, 11) is 1.89. The lowest BCUT2D eigenvalue weighted by molar-refractivity contribution is 0.0908. The molecule has 2 N–H and O–H groups in total. The third kappa shape index (κ3) is 3.73. The maximum atomic E-state index is 12.2. The molecule has 0 saturated carbocycles. The van der Waals surface area contributed by atoms with E-state index in [1.807, 2.05) is 13.1 Å². The highest BCUT2D eigenvalue weighted by atomic mass is 35.5. The second-order valence-electron chi connectivity index (χ2n) is 5.78. The average Bonchev–Trinajstić information content (AvgIpc) is 2.74. The van der Waals surface area contributed by atoms with Crippen molar-refractivity contribution < 1.29 is 4.79 Å². The zero-order valence-electron chi connectivity index (χ0n) is 12.6. The van der Waals surface area contributed by atoms with Gasteiger partial charge in [-0.1, -0.05) is 20.8 Å². The predicted molar refractivity (Wildman–Crippen MR) is 82.4 cm³/mol. The molecule has 0 radical (unpaired) electrons. The number of piperidine rings is 1. The van der Waals surface area contributed by atoms with Crippen LogP contribution in [0.1, 0.15) is 49.3 Å². The summed E-state index contributed by atoms with van der Waals surface area (Å²) in [6, 6.07) is 2.14. The maximum Gasteiger partial charge on any atom is 0.272 e. The molecule has 0 spiro atoms. The first-order chi connectivity index (χ1) is 8.99. The topological polar surface area (TPSA) is 59.0 Å². The monoisotopic (exact) mass is 300 g/mol. The molecule has 1 fully saturated rings. The molecule has 6 heteroatoms. The largest absolute Gasteiger partial charge is 0.348 e. The average molecular weight is 301 g/mol. The van der Waals surface area contributed by atoms with Crippen molar-refractivity contribution in [1.82, 2.24) is 20.4 Å². The standard InChI is InChI=1S/C14H24N4O.ClH/c1-9(2)13-7-12(17-18(13)4)14(19)16-11-5-6-15-8-10(11)3;/h7,9-11,15H,5-6,8H2,1-4H3,(H,16,19);1H. The first-order valence-electron chi connectivity index (χ1n) is 7.04. The van der Waals surface area contributed by atoms with Gasteiger partial charge in [0.15, 0.2) is 0 Å². The van der Waals surface area contributed by atoms with Crippen LogP contribution in [0, 0.1) is 5.92 Å². The van der Waals surface area contributed by atoms with E-state index in [4.69, 9.17) is 0 Å². The van der Waals surface area contributed by atoms with Crippen molar-refractivity contribution in [2.24, 2.45) is 13.0 Å². The van der Waals surface area contributed by atoms with Crippen LogP contribution in [0.25, 0.3) is 0 Å². The van der Waals surface area contributed by atoms with E-state index in [-0.39, 0.29) is 24.4 Å². The Bertz CT molecular complexity index is 458. The second kappa shape index (κ2) is 7.09. The number of halogens is 1. The van der Waals surface area contributed by atoms with Crippen molar-refractivity contribution in [2.75, 3.05) is 13.1 Å². The van der Waals surface area contributed by atoms with E-state index in [2.05, 4.69) is 36.5 Å². The van der Waals surface area contributed by atoms with Gasteiger partial charge < -0.3 is 10.6 Å². The zero-order chi connectivity index (χ0) is 14.0. The minimum Gasteiger partial charge on any atom is -0.348 e. The third-order valence-electron chi connectivity index (χ3n) is 3.84. The van der Waals surface area contributed by atoms with Crippen LogP contribution in [0.3, 0.4) is 0 Å². The van der Waals surface area contributed by atoms with Gasteiger partial charge in [-0.05, 0) is 37.4 Å². The van der Waals surface area contributed by atoms with E-state index in [0.29, 0.717) is 17.5 Å². The summed E-state index contributed by atoms with van der Waals surface area (Å²) in [6.07, 6.45) is 0.983. The Morgan fingerprint density at radius 1 is 1.55 bits per heavy atom. The van der Waals surface area contributed by atoms with Gasteiger partial charge >= 0.3 is 0 Å². The predicted octanol–water partition coefficient (Wildman–Crippen LogP) is 1.69. The highest BCUT2D eigenvalue weighted by Gasteiger charge is 2.24. The van der Waals surface area contributed by atoms with Crippen molar-refractivity contribution in [3.05, 3.63) is 17.5 Å². The minimum atomic E-state index is -0.0544. The maximum absolute atomic E-state index is 12.2. The number of nitrogens with zero attached hydrogens (tertiary/aromatic N) is 2. The first-order valence-corrected chi connectivity index (χ1v) is 7.04. The van der Waals surface area contributed by atoms with Crippen LogP contribution in [0.2, 0.25) is 0 Å². The molecule has 1 amide bonds. The Labute approximate surface area is 126 Å². The Hall–Kier alpha value is -1.07. The molecule has 1 aliphatic rings. The molecule has 1 aromatic heterocycles. The molecule has 20 heavy (non-hydrogen) atoms. The Morgan fingerprint density at radius 3 is 2.80 bits per heavy atom. The van der Waals surface area contributed by atoms with Crippen LogP contribution in [-0.4, -0.2) is 34.8 Å². The van der Waals surface area contributed by atoms with Gasteiger partial charge in [0.2, 0.25) is 0 Å². The van der Waals surface area contributed by atoms with Crippen molar-refractivity contribution >= 4 is 18.3 Å². The lowest BCUT2D eigenvalue weighted by Crippen LogP contribution is -2.48. The fourth-order valence-corrected chi connectivity index (χ4v) is 2.60. The first kappa shape index (κ1) is 17.0. The van der Waals surface area contributed by atoms with Crippen LogP contribution < -0.4 is 10.6 Å². The molecule has 2 heterocycles. The van der Waals surface area contributed by atoms with Gasteiger partial charge in [-0.2, -0.15) is 5.10 Å². The lowest BCUT2D eigenvalue weighted by atomic mass is 9.95. The SMILES string of the molecule is CC(C)c1cc(C(=O)NC2CCNCC2C)nn1C.Cl. The van der Waals surface area contributed by atoms with Crippen LogP contribution >= 0.6 is 12.4 Å². The molecular weight excluding hydrogens is 276 g/mol. The van der Waals surface area contributed by atoms with E-state index in [0.717, 1.165) is 25.2 Å². The number of hydrogen-bond acceptors (Lipinski definition) is 3. The number of carbonyl (C=O) groups is 1. The number of aryl methyl sites for hydroxylation is 1. The molecule has 2 atom stereocenters. The molecule has 0 aromatic carbocycles. The van der Waals surface area contributed by atoms with Crippen LogP contribution in [0.4, 0.5) is 0 Å². The van der Waals surface area contributed by atoms with Gasteiger partial charge in [0.1, 0.15) is 5.69 Å². The van der Waals surface area contributed by atoms with Crippen molar-refractivity contribution in [3.63, 3.8) is 0 Å². The van der Waals surface area contributed by atoms with Gasteiger partial charge in [0.05, 0.1) is 0 Å². The smallest absolute Gasteiger partial charge is 0.272 e. The molecule has 1 saturated heterocycles. The number of nitrogens with one attached hydrogen (secondary N) is 2. The lowest BCUT2D eigenvalue weighted by Gasteiger charge is -2.29. The highest BCUT2D eigenvalue weighted by molar-refractivity contribution is 5.92. The molecule has 114 valence electrons. The van der Waals surface area contributed by atoms with Crippen molar-refractivity contribution in [2.45, 2.75) is 39.2 Å². The Morgan fingerprint density at radius 2 is 2.25 bits per heavy atom. The molecular formula is C14H25ClN4O. The third-order valence-corrected chi connectivity index (χ3v) is 3.84. The van der Waals surface area contributed by atoms with Gasteiger partial charge in [0.25, 0.3) is 5.91 Å². The highest BCUT2D eigenvalue weighted by Crippen LogP contribution is 2.16. The van der Waals surface area contributed by atoms with Gasteiger partial charge in [-0.3, -0.25) is 9.48 Å². The quantitative estimate of drug-likeness (QED) is 0.893. The van der Waals surface area contributed by atoms with Crippen molar-refractivity contribution in [1.29, 1.82) is 0 Å². The van der Waals surface area contributed by atoms with Gasteiger partial charge in [-0.25, -0.2) is 0 Å². The minimum absolute atomic E-state index is 0. The van der Waals surface area contributed by atoms with E-state index in [1.165, 1.54) is 0 Å². The number of aromatic nitrogens is 2. The summed E-state index contributed by atoms with van der Waals surface area (Å²) in [5.74, 6) is 0.782. The molecule has 1 aromatic rings. The zero-order valence-corrected chi connectivity index (χ0v) is 13.5. The normalized spacial score (nSPS) is 22.4. The second-order valence-corrected chi connectivity index (χ2v) is 5.78. The van der Waals surface area contributed by atoms with E-state index >= 15 is 0 Å². The number of amides is 1. The van der Waals surface area contributed by atoms with Crippen LogP contribution in [-0.2, 0) is 7.05 Å². The van der Waals surface area contributed by atoms with Crippen molar-refractivity contribution in [3.8, 4) is 0 Å². The molecule has 0 aliphatic carbocycles. The number of rotatable bonds is 3. The molecule has 2 rings (SSSR count).